The molecule has 0 aromatic heterocycles. The van der Waals surface area contributed by atoms with Gasteiger partial charge in [-0.1, -0.05) is 18.5 Å². The minimum atomic E-state index is -0.0675. The predicted molar refractivity (Wildman–Crippen MR) is 78.5 cm³/mol. The maximum atomic E-state index is 6.52. The summed E-state index contributed by atoms with van der Waals surface area (Å²) in [6.45, 7) is 5.37. The van der Waals surface area contributed by atoms with Gasteiger partial charge in [0.25, 0.3) is 0 Å². The van der Waals surface area contributed by atoms with Crippen LogP contribution in [0.1, 0.15) is 37.8 Å². The van der Waals surface area contributed by atoms with Gasteiger partial charge in [0.15, 0.2) is 11.5 Å². The van der Waals surface area contributed by atoms with Crippen molar-refractivity contribution in [2.45, 2.75) is 38.6 Å². The second kappa shape index (κ2) is 5.59. The average molecular weight is 284 g/mol. The molecule has 106 valence electrons. The fraction of sp³-hybridized carbons (Fsp3) is 0.600. The summed E-state index contributed by atoms with van der Waals surface area (Å²) >= 11 is 6.52. The van der Waals surface area contributed by atoms with Crippen LogP contribution < -0.4 is 14.8 Å². The quantitative estimate of drug-likeness (QED) is 0.917. The molecular weight excluding hydrogens is 262 g/mol. The van der Waals surface area contributed by atoms with Gasteiger partial charge in [0, 0.05) is 22.2 Å². The van der Waals surface area contributed by atoms with Crippen LogP contribution in [0.3, 0.4) is 0 Å². The van der Waals surface area contributed by atoms with E-state index >= 15 is 0 Å². The van der Waals surface area contributed by atoms with E-state index in [1.54, 1.807) is 14.2 Å². The molecule has 1 aliphatic rings. The van der Waals surface area contributed by atoms with Crippen molar-refractivity contribution in [3.8, 4) is 11.5 Å². The number of benzene rings is 1. The van der Waals surface area contributed by atoms with Crippen LogP contribution >= 0.6 is 11.6 Å². The highest BCUT2D eigenvalue weighted by Crippen LogP contribution is 2.45. The van der Waals surface area contributed by atoms with Gasteiger partial charge in [-0.3, -0.25) is 0 Å². The second-order valence-electron chi connectivity index (χ2n) is 5.16. The summed E-state index contributed by atoms with van der Waals surface area (Å²) in [5.41, 5.74) is 2.23. The van der Waals surface area contributed by atoms with Crippen molar-refractivity contribution >= 4 is 11.6 Å². The van der Waals surface area contributed by atoms with Crippen molar-refractivity contribution < 1.29 is 9.47 Å². The van der Waals surface area contributed by atoms with E-state index in [1.807, 2.05) is 6.07 Å². The van der Waals surface area contributed by atoms with Crippen LogP contribution in [-0.2, 0) is 12.0 Å². The predicted octanol–water partition coefficient (Wildman–Crippen LogP) is 3.52. The van der Waals surface area contributed by atoms with E-state index in [0.29, 0.717) is 5.75 Å². The number of hydrogen-bond donors (Lipinski definition) is 1. The zero-order valence-corrected chi connectivity index (χ0v) is 12.9. The van der Waals surface area contributed by atoms with Crippen molar-refractivity contribution in [1.29, 1.82) is 0 Å². The number of halogens is 1. The molecule has 1 fully saturated rings. The first kappa shape index (κ1) is 14.5. The zero-order valence-electron chi connectivity index (χ0n) is 12.1. The maximum absolute atomic E-state index is 6.52. The lowest BCUT2D eigenvalue weighted by molar-refractivity contribution is 0.347. The molecule has 1 atom stereocenters. The highest BCUT2D eigenvalue weighted by molar-refractivity contribution is 6.31. The summed E-state index contributed by atoms with van der Waals surface area (Å²) in [4.78, 5) is 0. The van der Waals surface area contributed by atoms with E-state index in [-0.39, 0.29) is 5.54 Å². The molecule has 0 radical (unpaired) electrons. The maximum Gasteiger partial charge on any atom is 0.164 e. The smallest absolute Gasteiger partial charge is 0.164 e. The standard InChI is InChI=1S/C15H22ClNO2/c1-5-10-13(15(2)7-6-8-17-15)11(16)9-12(18-3)14(10)19-4/h9,17H,5-8H2,1-4H3. The average Bonchev–Trinajstić information content (AvgIpc) is 2.84. The van der Waals surface area contributed by atoms with Gasteiger partial charge in [0.05, 0.1) is 14.2 Å². The van der Waals surface area contributed by atoms with Crippen molar-refractivity contribution in [3.05, 3.63) is 22.2 Å². The van der Waals surface area contributed by atoms with Crippen LogP contribution in [0.25, 0.3) is 0 Å². The molecule has 1 aromatic carbocycles. The lowest BCUT2D eigenvalue weighted by Gasteiger charge is -2.30. The van der Waals surface area contributed by atoms with Crippen molar-refractivity contribution in [3.63, 3.8) is 0 Å². The van der Waals surface area contributed by atoms with Crippen LogP contribution in [0, 0.1) is 0 Å². The third-order valence-corrected chi connectivity index (χ3v) is 4.29. The Kier molecular flexibility index (Phi) is 4.26. The summed E-state index contributed by atoms with van der Waals surface area (Å²) in [5, 5.41) is 4.33. The van der Waals surface area contributed by atoms with Crippen LogP contribution in [0.4, 0.5) is 0 Å². The molecule has 1 heterocycles. The molecule has 0 bridgehead atoms. The van der Waals surface area contributed by atoms with E-state index in [4.69, 9.17) is 21.1 Å². The fourth-order valence-electron chi connectivity index (χ4n) is 3.08. The lowest BCUT2D eigenvalue weighted by Crippen LogP contribution is -2.34. The molecule has 0 amide bonds. The van der Waals surface area contributed by atoms with Crippen molar-refractivity contribution in [2.75, 3.05) is 20.8 Å². The monoisotopic (exact) mass is 283 g/mol. The molecule has 1 saturated heterocycles. The molecule has 0 saturated carbocycles. The molecule has 1 unspecified atom stereocenters. The van der Waals surface area contributed by atoms with Crippen molar-refractivity contribution in [2.24, 2.45) is 0 Å². The molecular formula is C15H22ClNO2. The van der Waals surface area contributed by atoms with Gasteiger partial charge >= 0.3 is 0 Å². The van der Waals surface area contributed by atoms with Gasteiger partial charge in [0.2, 0.25) is 0 Å². The largest absolute Gasteiger partial charge is 0.493 e. The third kappa shape index (κ3) is 2.41. The number of rotatable bonds is 4. The van der Waals surface area contributed by atoms with Crippen LogP contribution in [0.15, 0.2) is 6.07 Å². The first-order valence-corrected chi connectivity index (χ1v) is 7.14. The minimum absolute atomic E-state index is 0.0675. The minimum Gasteiger partial charge on any atom is -0.493 e. The van der Waals surface area contributed by atoms with E-state index in [0.717, 1.165) is 41.3 Å². The van der Waals surface area contributed by atoms with E-state index in [1.165, 1.54) is 6.42 Å². The highest BCUT2D eigenvalue weighted by Gasteiger charge is 2.35. The van der Waals surface area contributed by atoms with Gasteiger partial charge < -0.3 is 14.8 Å². The molecule has 2 rings (SSSR count). The van der Waals surface area contributed by atoms with Crippen LogP contribution in [-0.4, -0.2) is 20.8 Å². The Morgan fingerprint density at radius 1 is 1.37 bits per heavy atom. The number of hydrogen-bond acceptors (Lipinski definition) is 3. The molecule has 0 aliphatic carbocycles. The highest BCUT2D eigenvalue weighted by atomic mass is 35.5. The van der Waals surface area contributed by atoms with E-state index in [2.05, 4.69) is 19.2 Å². The second-order valence-corrected chi connectivity index (χ2v) is 5.57. The lowest BCUT2D eigenvalue weighted by atomic mass is 9.85. The van der Waals surface area contributed by atoms with E-state index in [9.17, 15) is 0 Å². The summed E-state index contributed by atoms with van der Waals surface area (Å²) in [5.74, 6) is 1.51. The summed E-state index contributed by atoms with van der Waals surface area (Å²) < 4.78 is 10.9. The fourth-order valence-corrected chi connectivity index (χ4v) is 3.50. The Hall–Kier alpha value is -0.930. The Labute approximate surface area is 120 Å². The summed E-state index contributed by atoms with van der Waals surface area (Å²) in [7, 11) is 3.32. The Morgan fingerprint density at radius 3 is 2.58 bits per heavy atom. The number of methoxy groups -OCH3 is 2. The van der Waals surface area contributed by atoms with E-state index < -0.39 is 0 Å². The van der Waals surface area contributed by atoms with Gasteiger partial charge in [-0.2, -0.15) is 0 Å². The normalized spacial score (nSPS) is 22.6. The number of nitrogens with one attached hydrogen (secondary N) is 1. The van der Waals surface area contributed by atoms with Crippen LogP contribution in [0.5, 0.6) is 11.5 Å². The molecule has 19 heavy (non-hydrogen) atoms. The molecule has 3 nitrogen and oxygen atoms in total. The van der Waals surface area contributed by atoms with Crippen LogP contribution in [0.2, 0.25) is 5.02 Å². The molecule has 0 spiro atoms. The molecule has 1 aromatic rings. The summed E-state index contributed by atoms with van der Waals surface area (Å²) in [6.07, 6.45) is 3.13. The zero-order chi connectivity index (χ0) is 14.0. The third-order valence-electron chi connectivity index (χ3n) is 3.99. The molecule has 1 N–H and O–H groups in total. The van der Waals surface area contributed by atoms with Gasteiger partial charge in [-0.15, -0.1) is 0 Å². The topological polar surface area (TPSA) is 30.5 Å². The van der Waals surface area contributed by atoms with Gasteiger partial charge in [0.1, 0.15) is 0 Å². The Balaban J connectivity index is 2.65. The SMILES string of the molecule is CCc1c(OC)c(OC)cc(Cl)c1C1(C)CCCN1. The Morgan fingerprint density at radius 2 is 2.11 bits per heavy atom. The first-order valence-electron chi connectivity index (χ1n) is 6.76. The van der Waals surface area contributed by atoms with Gasteiger partial charge in [-0.25, -0.2) is 0 Å². The Bertz CT molecular complexity index is 468. The van der Waals surface area contributed by atoms with Crippen molar-refractivity contribution in [1.82, 2.24) is 5.32 Å². The summed E-state index contributed by atoms with van der Waals surface area (Å²) in [6, 6.07) is 1.86. The van der Waals surface area contributed by atoms with Gasteiger partial charge in [-0.05, 0) is 38.3 Å². The first-order chi connectivity index (χ1) is 9.07. The number of ether oxygens (including phenoxy) is 2. The molecule has 1 aliphatic heterocycles. The molecule has 4 heteroatoms.